The van der Waals surface area contributed by atoms with Gasteiger partial charge in [-0.1, -0.05) is 0 Å². The van der Waals surface area contributed by atoms with Gasteiger partial charge in [0, 0.05) is 17.6 Å². The number of aromatic amines is 1. The minimum atomic E-state index is 0.397. The fraction of sp³-hybridized carbons (Fsp3) is 0.214. The second kappa shape index (κ2) is 6.48. The van der Waals surface area contributed by atoms with Crippen LogP contribution < -0.4 is 14.8 Å². The number of H-pyrrole nitrogens is 1. The fourth-order valence-corrected chi connectivity index (χ4v) is 2.12. The minimum Gasteiger partial charge on any atom is -0.493 e. The van der Waals surface area contributed by atoms with Crippen LogP contribution in [0.3, 0.4) is 0 Å². The van der Waals surface area contributed by atoms with Crippen molar-refractivity contribution in [1.82, 2.24) is 20.2 Å². The van der Waals surface area contributed by atoms with Crippen molar-refractivity contribution < 1.29 is 9.47 Å². The number of halogens is 1. The smallest absolute Gasteiger partial charge is 0.163 e. The van der Waals surface area contributed by atoms with E-state index in [1.807, 2.05) is 12.1 Å². The van der Waals surface area contributed by atoms with E-state index in [1.54, 1.807) is 19.5 Å². The zero-order valence-corrected chi connectivity index (χ0v) is 12.6. The number of alkyl halides is 1. The Kier molecular flexibility index (Phi) is 4.24. The molecule has 2 heterocycles. The van der Waals surface area contributed by atoms with Gasteiger partial charge in [-0.15, -0.1) is 11.6 Å². The molecule has 1 aromatic carbocycles. The molecule has 2 aromatic heterocycles. The molecule has 22 heavy (non-hydrogen) atoms. The van der Waals surface area contributed by atoms with Gasteiger partial charge in [0.25, 0.3) is 0 Å². The van der Waals surface area contributed by atoms with Crippen LogP contribution in [-0.2, 0) is 0 Å². The summed E-state index contributed by atoms with van der Waals surface area (Å²) < 4.78 is 10.9. The highest BCUT2D eigenvalue weighted by Gasteiger charge is 2.12. The average Bonchev–Trinajstić information content (AvgIpc) is 3.05. The molecule has 8 heteroatoms. The predicted octanol–water partition coefficient (Wildman–Crippen LogP) is 2.72. The van der Waals surface area contributed by atoms with Crippen molar-refractivity contribution in [2.24, 2.45) is 0 Å². The van der Waals surface area contributed by atoms with Gasteiger partial charge in [0.1, 0.15) is 18.8 Å². The van der Waals surface area contributed by atoms with Gasteiger partial charge >= 0.3 is 0 Å². The van der Waals surface area contributed by atoms with Crippen LogP contribution in [0.4, 0.5) is 11.5 Å². The number of hydrogen-bond acceptors (Lipinski definition) is 6. The van der Waals surface area contributed by atoms with E-state index in [2.05, 4.69) is 25.5 Å². The van der Waals surface area contributed by atoms with Crippen molar-refractivity contribution in [2.75, 3.05) is 24.9 Å². The summed E-state index contributed by atoms with van der Waals surface area (Å²) in [6.07, 6.45) is 4.90. The van der Waals surface area contributed by atoms with Gasteiger partial charge in [-0.3, -0.25) is 5.10 Å². The summed E-state index contributed by atoms with van der Waals surface area (Å²) in [6, 6.07) is 3.64. The maximum atomic E-state index is 5.66. The summed E-state index contributed by atoms with van der Waals surface area (Å²) in [7, 11) is 1.59. The first-order chi connectivity index (χ1) is 10.8. The number of fused-ring (bicyclic) bond motifs is 1. The quantitative estimate of drug-likeness (QED) is 0.680. The Balaban J connectivity index is 2.03. The maximum Gasteiger partial charge on any atom is 0.163 e. The summed E-state index contributed by atoms with van der Waals surface area (Å²) >= 11 is 5.66. The Morgan fingerprint density at radius 3 is 2.91 bits per heavy atom. The lowest BCUT2D eigenvalue weighted by Gasteiger charge is -2.12. The summed E-state index contributed by atoms with van der Waals surface area (Å²) in [5.41, 5.74) is 1.55. The molecule has 0 atom stereocenters. The number of rotatable bonds is 6. The first kappa shape index (κ1) is 14.4. The van der Waals surface area contributed by atoms with Crippen LogP contribution >= 0.6 is 11.6 Å². The predicted molar refractivity (Wildman–Crippen MR) is 84.2 cm³/mol. The van der Waals surface area contributed by atoms with Crippen LogP contribution in [0.15, 0.2) is 30.9 Å². The molecule has 3 rings (SSSR count). The molecule has 3 aromatic rings. The van der Waals surface area contributed by atoms with Crippen molar-refractivity contribution >= 4 is 34.0 Å². The van der Waals surface area contributed by atoms with E-state index in [-0.39, 0.29) is 0 Å². The number of hydrogen-bond donors (Lipinski definition) is 2. The van der Waals surface area contributed by atoms with E-state index in [1.165, 1.54) is 6.33 Å². The van der Waals surface area contributed by atoms with Crippen LogP contribution in [-0.4, -0.2) is 39.8 Å². The zero-order chi connectivity index (χ0) is 15.4. The largest absolute Gasteiger partial charge is 0.493 e. The Bertz CT molecular complexity index is 763. The lowest BCUT2D eigenvalue weighted by molar-refractivity contribution is 0.313. The number of anilines is 2. The molecule has 114 valence electrons. The monoisotopic (exact) mass is 319 g/mol. The highest BCUT2D eigenvalue weighted by atomic mass is 35.5. The van der Waals surface area contributed by atoms with Crippen LogP contribution in [0.1, 0.15) is 0 Å². The normalized spacial score (nSPS) is 10.6. The third-order valence-corrected chi connectivity index (χ3v) is 3.17. The molecule has 0 spiro atoms. The molecule has 0 aliphatic rings. The third-order valence-electron chi connectivity index (χ3n) is 3.02. The molecule has 0 amide bonds. The van der Waals surface area contributed by atoms with Crippen LogP contribution in [0.2, 0.25) is 0 Å². The fourth-order valence-electron chi connectivity index (χ4n) is 2.04. The second-order valence-electron chi connectivity index (χ2n) is 4.39. The number of nitrogens with zero attached hydrogens (tertiary/aromatic N) is 3. The van der Waals surface area contributed by atoms with Gasteiger partial charge in [0.2, 0.25) is 0 Å². The van der Waals surface area contributed by atoms with Crippen molar-refractivity contribution in [1.29, 1.82) is 0 Å². The average molecular weight is 320 g/mol. The molecule has 0 fully saturated rings. The van der Waals surface area contributed by atoms with Crippen molar-refractivity contribution in [3.63, 3.8) is 0 Å². The Hall–Kier alpha value is -2.54. The summed E-state index contributed by atoms with van der Waals surface area (Å²) in [5.74, 6) is 2.26. The van der Waals surface area contributed by atoms with Gasteiger partial charge < -0.3 is 14.8 Å². The van der Waals surface area contributed by atoms with E-state index in [0.717, 1.165) is 16.6 Å². The van der Waals surface area contributed by atoms with E-state index in [0.29, 0.717) is 29.8 Å². The SMILES string of the molecule is COc1cc2c(Nc3cn[nH]c3)ncnc2cc1OCCCl. The molecule has 7 nitrogen and oxygen atoms in total. The number of ether oxygens (including phenoxy) is 2. The molecule has 0 bridgehead atoms. The number of nitrogens with one attached hydrogen (secondary N) is 2. The van der Waals surface area contributed by atoms with Crippen LogP contribution in [0.5, 0.6) is 11.5 Å². The molecular weight excluding hydrogens is 306 g/mol. The Morgan fingerprint density at radius 1 is 1.27 bits per heavy atom. The van der Waals surface area contributed by atoms with Crippen molar-refractivity contribution in [3.8, 4) is 11.5 Å². The summed E-state index contributed by atoms with van der Waals surface area (Å²) in [4.78, 5) is 8.54. The lowest BCUT2D eigenvalue weighted by Crippen LogP contribution is -2.01. The molecule has 0 unspecified atom stereocenters. The van der Waals surface area contributed by atoms with Crippen molar-refractivity contribution in [3.05, 3.63) is 30.9 Å². The number of aromatic nitrogens is 4. The van der Waals surface area contributed by atoms with E-state index in [4.69, 9.17) is 21.1 Å². The molecule has 0 radical (unpaired) electrons. The summed E-state index contributed by atoms with van der Waals surface area (Å²) in [6.45, 7) is 0.397. The maximum absolute atomic E-state index is 5.66. The van der Waals surface area contributed by atoms with Gasteiger partial charge in [0.05, 0.1) is 30.4 Å². The molecule has 0 aliphatic heterocycles. The molecule has 0 aliphatic carbocycles. The Morgan fingerprint density at radius 2 is 2.18 bits per heavy atom. The van der Waals surface area contributed by atoms with E-state index >= 15 is 0 Å². The topological polar surface area (TPSA) is 85.0 Å². The highest BCUT2D eigenvalue weighted by molar-refractivity contribution is 6.18. The van der Waals surface area contributed by atoms with Gasteiger partial charge in [-0.2, -0.15) is 5.10 Å². The Labute approximate surface area is 131 Å². The van der Waals surface area contributed by atoms with E-state index < -0.39 is 0 Å². The van der Waals surface area contributed by atoms with Crippen LogP contribution in [0, 0.1) is 0 Å². The summed E-state index contributed by atoms with van der Waals surface area (Å²) in [5, 5.41) is 10.6. The first-order valence-corrected chi connectivity index (χ1v) is 7.12. The highest BCUT2D eigenvalue weighted by Crippen LogP contribution is 2.34. The third kappa shape index (κ3) is 2.89. The van der Waals surface area contributed by atoms with Gasteiger partial charge in [-0.05, 0) is 6.07 Å². The first-order valence-electron chi connectivity index (χ1n) is 6.59. The number of benzene rings is 1. The second-order valence-corrected chi connectivity index (χ2v) is 4.77. The molecule has 2 N–H and O–H groups in total. The van der Waals surface area contributed by atoms with Gasteiger partial charge in [0.15, 0.2) is 11.5 Å². The standard InChI is InChI=1S/C14H14ClN5O2/c1-21-12-4-10-11(5-13(12)22-3-2-15)16-8-17-14(10)20-9-6-18-19-7-9/h4-8H,2-3H2,1H3,(H,18,19)(H,16,17,20). The minimum absolute atomic E-state index is 0.397. The molecule has 0 saturated heterocycles. The van der Waals surface area contributed by atoms with Crippen LogP contribution in [0.25, 0.3) is 10.9 Å². The molecule has 0 saturated carbocycles. The van der Waals surface area contributed by atoms with Gasteiger partial charge in [-0.25, -0.2) is 9.97 Å². The lowest BCUT2D eigenvalue weighted by atomic mass is 10.2. The molecular formula is C14H14ClN5O2. The number of methoxy groups -OCH3 is 1. The van der Waals surface area contributed by atoms with Crippen molar-refractivity contribution in [2.45, 2.75) is 0 Å². The zero-order valence-electron chi connectivity index (χ0n) is 11.8. The van der Waals surface area contributed by atoms with E-state index in [9.17, 15) is 0 Å².